The fourth-order valence-electron chi connectivity index (χ4n) is 3.40. The van der Waals surface area contributed by atoms with Crippen LogP contribution in [0.4, 0.5) is 0 Å². The second-order valence-corrected chi connectivity index (χ2v) is 9.09. The van der Waals surface area contributed by atoms with Crippen molar-refractivity contribution in [1.82, 2.24) is 4.90 Å². The van der Waals surface area contributed by atoms with E-state index in [2.05, 4.69) is 6.92 Å². The summed E-state index contributed by atoms with van der Waals surface area (Å²) >= 11 is 6.41. The zero-order chi connectivity index (χ0) is 19.1. The van der Waals surface area contributed by atoms with Crippen molar-refractivity contribution >= 4 is 30.1 Å². The minimum absolute atomic E-state index is 0.180. The van der Waals surface area contributed by atoms with E-state index in [9.17, 15) is 4.79 Å². The Morgan fingerprint density at radius 3 is 2.35 bits per heavy atom. The molecule has 0 aliphatic carbocycles. The van der Waals surface area contributed by atoms with Crippen LogP contribution in [0.5, 0.6) is 0 Å². The molecule has 2 fully saturated rings. The van der Waals surface area contributed by atoms with E-state index in [4.69, 9.17) is 20.9 Å². The molecule has 2 saturated heterocycles. The van der Waals surface area contributed by atoms with Gasteiger partial charge in [0.05, 0.1) is 17.6 Å². The molecule has 3 rings (SSSR count). The monoisotopic (exact) mass is 377 g/mol. The molecule has 0 bridgehead atoms. The summed E-state index contributed by atoms with van der Waals surface area (Å²) in [4.78, 5) is 14.6. The number of piperidine rings is 1. The highest BCUT2D eigenvalue weighted by molar-refractivity contribution is 6.65. The minimum Gasteiger partial charge on any atom is -0.399 e. The van der Waals surface area contributed by atoms with Gasteiger partial charge in [0, 0.05) is 23.6 Å². The lowest BCUT2D eigenvalue weighted by Crippen LogP contribution is -2.41. The highest BCUT2D eigenvalue weighted by Crippen LogP contribution is 2.37. The number of rotatable bonds is 3. The Bertz CT molecular complexity index is 668. The molecule has 26 heavy (non-hydrogen) atoms. The first kappa shape index (κ1) is 19.7. The molecule has 0 saturated carbocycles. The van der Waals surface area contributed by atoms with Crippen molar-refractivity contribution in [3.05, 3.63) is 28.8 Å². The molecule has 2 aliphatic heterocycles. The third kappa shape index (κ3) is 3.95. The number of carbonyl (C=O) groups is 1. The fraction of sp³-hybridized carbons (Fsp3) is 0.650. The number of amides is 1. The SMILES string of the molecule is CC1CCN(C(=O)Cc2ccc(Cl)c(B3OC(C)(C)C(C)(C)O3)c2)CC1. The molecule has 0 spiro atoms. The average Bonchev–Trinajstić information content (AvgIpc) is 2.77. The third-order valence-electron chi connectivity index (χ3n) is 6.06. The van der Waals surface area contributed by atoms with Crippen molar-refractivity contribution in [2.75, 3.05) is 13.1 Å². The summed E-state index contributed by atoms with van der Waals surface area (Å²) < 4.78 is 12.2. The van der Waals surface area contributed by atoms with E-state index >= 15 is 0 Å². The van der Waals surface area contributed by atoms with Gasteiger partial charge in [0.15, 0.2) is 0 Å². The number of carbonyl (C=O) groups excluding carboxylic acids is 1. The molecule has 1 amide bonds. The van der Waals surface area contributed by atoms with E-state index in [1.165, 1.54) is 0 Å². The van der Waals surface area contributed by atoms with Crippen LogP contribution in [0.3, 0.4) is 0 Å². The second kappa shape index (κ2) is 7.18. The van der Waals surface area contributed by atoms with Crippen LogP contribution in [0.2, 0.25) is 5.02 Å². The van der Waals surface area contributed by atoms with Crippen LogP contribution in [-0.4, -0.2) is 42.2 Å². The van der Waals surface area contributed by atoms with Gasteiger partial charge in [-0.05, 0) is 58.1 Å². The number of hydrogen-bond acceptors (Lipinski definition) is 3. The Labute approximate surface area is 162 Å². The topological polar surface area (TPSA) is 38.8 Å². The molecule has 1 aromatic carbocycles. The normalized spacial score (nSPS) is 22.7. The van der Waals surface area contributed by atoms with Crippen molar-refractivity contribution in [2.24, 2.45) is 5.92 Å². The van der Waals surface area contributed by atoms with Crippen molar-refractivity contribution < 1.29 is 14.1 Å². The molecular formula is C20H29BClNO3. The van der Waals surface area contributed by atoms with Gasteiger partial charge in [-0.15, -0.1) is 0 Å². The fourth-order valence-corrected chi connectivity index (χ4v) is 3.60. The molecule has 0 radical (unpaired) electrons. The van der Waals surface area contributed by atoms with Crippen molar-refractivity contribution in [2.45, 2.75) is 65.1 Å². The quantitative estimate of drug-likeness (QED) is 0.757. The smallest absolute Gasteiger partial charge is 0.399 e. The summed E-state index contributed by atoms with van der Waals surface area (Å²) in [5, 5.41) is 0.603. The van der Waals surface area contributed by atoms with E-state index in [0.29, 0.717) is 17.4 Å². The predicted octanol–water partition coefficient (Wildman–Crippen LogP) is 3.44. The molecule has 0 unspecified atom stereocenters. The number of likely N-dealkylation sites (tertiary alicyclic amines) is 1. The van der Waals surface area contributed by atoms with Crippen molar-refractivity contribution in [1.29, 1.82) is 0 Å². The average molecular weight is 378 g/mol. The third-order valence-corrected chi connectivity index (χ3v) is 6.40. The molecule has 0 atom stereocenters. The van der Waals surface area contributed by atoms with E-state index in [1.54, 1.807) is 0 Å². The maximum Gasteiger partial charge on any atom is 0.496 e. The summed E-state index contributed by atoms with van der Waals surface area (Å²) in [5.74, 6) is 0.892. The summed E-state index contributed by atoms with van der Waals surface area (Å²) in [6, 6.07) is 5.71. The number of hydrogen-bond donors (Lipinski definition) is 0. The van der Waals surface area contributed by atoms with Gasteiger partial charge in [-0.3, -0.25) is 4.79 Å². The Morgan fingerprint density at radius 1 is 1.19 bits per heavy atom. The zero-order valence-electron chi connectivity index (χ0n) is 16.5. The van der Waals surface area contributed by atoms with Crippen LogP contribution in [-0.2, 0) is 20.5 Å². The van der Waals surface area contributed by atoms with Gasteiger partial charge in [-0.1, -0.05) is 30.7 Å². The molecule has 6 heteroatoms. The molecular weight excluding hydrogens is 348 g/mol. The molecule has 1 aromatic rings. The Hall–Kier alpha value is -1.04. The Balaban J connectivity index is 1.73. The molecule has 2 aliphatic rings. The predicted molar refractivity (Wildman–Crippen MR) is 106 cm³/mol. The molecule has 142 valence electrons. The lowest BCUT2D eigenvalue weighted by atomic mass is 9.78. The van der Waals surface area contributed by atoms with Gasteiger partial charge in [-0.25, -0.2) is 0 Å². The van der Waals surface area contributed by atoms with E-state index < -0.39 is 18.3 Å². The zero-order valence-corrected chi connectivity index (χ0v) is 17.2. The standard InChI is InChI=1S/C20H29BClNO3/c1-14-8-10-23(11-9-14)18(24)13-15-6-7-17(22)16(12-15)21-25-19(2,3)20(4,5)26-21/h6-7,12,14H,8-11,13H2,1-5H3. The molecule has 0 aromatic heterocycles. The first-order valence-corrected chi connectivity index (χ1v) is 9.88. The molecule has 0 N–H and O–H groups in total. The summed E-state index contributed by atoms with van der Waals surface area (Å²) in [5.41, 5.74) is 0.903. The van der Waals surface area contributed by atoms with Crippen LogP contribution in [0.15, 0.2) is 18.2 Å². The largest absolute Gasteiger partial charge is 0.496 e. The first-order valence-electron chi connectivity index (χ1n) is 9.51. The van der Waals surface area contributed by atoms with Crippen LogP contribution >= 0.6 is 11.6 Å². The minimum atomic E-state index is -0.515. The van der Waals surface area contributed by atoms with Gasteiger partial charge in [-0.2, -0.15) is 0 Å². The van der Waals surface area contributed by atoms with E-state index in [-0.39, 0.29) is 5.91 Å². The van der Waals surface area contributed by atoms with Gasteiger partial charge in [0.1, 0.15) is 0 Å². The van der Waals surface area contributed by atoms with Crippen molar-refractivity contribution in [3.63, 3.8) is 0 Å². The Morgan fingerprint density at radius 2 is 1.77 bits per heavy atom. The number of nitrogens with zero attached hydrogens (tertiary/aromatic N) is 1. The van der Waals surface area contributed by atoms with E-state index in [0.717, 1.165) is 37.0 Å². The van der Waals surface area contributed by atoms with Gasteiger partial charge >= 0.3 is 7.12 Å². The lowest BCUT2D eigenvalue weighted by Gasteiger charge is -2.32. The van der Waals surface area contributed by atoms with Crippen molar-refractivity contribution in [3.8, 4) is 0 Å². The van der Waals surface area contributed by atoms with E-state index in [1.807, 2.05) is 50.8 Å². The molecule has 4 nitrogen and oxygen atoms in total. The summed E-state index contributed by atoms with van der Waals surface area (Å²) in [6.07, 6.45) is 2.56. The summed E-state index contributed by atoms with van der Waals surface area (Å²) in [6.45, 7) is 12.0. The maximum absolute atomic E-state index is 12.6. The highest BCUT2D eigenvalue weighted by Gasteiger charge is 2.52. The van der Waals surface area contributed by atoms with Crippen LogP contribution in [0.1, 0.15) is 53.0 Å². The number of halogens is 1. The van der Waals surface area contributed by atoms with Gasteiger partial charge in [0.25, 0.3) is 0 Å². The van der Waals surface area contributed by atoms with Crippen LogP contribution in [0.25, 0.3) is 0 Å². The first-order chi connectivity index (χ1) is 12.1. The molecule has 2 heterocycles. The van der Waals surface area contributed by atoms with Gasteiger partial charge < -0.3 is 14.2 Å². The highest BCUT2D eigenvalue weighted by atomic mass is 35.5. The Kier molecular flexibility index (Phi) is 5.44. The van der Waals surface area contributed by atoms with Crippen LogP contribution < -0.4 is 5.46 Å². The van der Waals surface area contributed by atoms with Crippen LogP contribution in [0, 0.1) is 5.92 Å². The van der Waals surface area contributed by atoms with Gasteiger partial charge in [0.2, 0.25) is 5.91 Å². The maximum atomic E-state index is 12.6. The lowest BCUT2D eigenvalue weighted by molar-refractivity contribution is -0.131. The summed E-state index contributed by atoms with van der Waals surface area (Å²) in [7, 11) is -0.515. The number of benzene rings is 1. The second-order valence-electron chi connectivity index (χ2n) is 8.68.